The molecule has 0 fully saturated rings. The third kappa shape index (κ3) is 6.21. The number of nitrogens with two attached hydrogens (primary N) is 1. The zero-order valence-electron chi connectivity index (χ0n) is 12.0. The van der Waals surface area contributed by atoms with E-state index in [1.54, 1.807) is 0 Å². The monoisotopic (exact) mass is 360 g/mol. The summed E-state index contributed by atoms with van der Waals surface area (Å²) in [5.41, 5.74) is 6.58. The van der Waals surface area contributed by atoms with Crippen LogP contribution in [0.5, 0.6) is 11.8 Å². The standard InChI is InChI=1S/C14H12ClF3N4O2/c15-9-5-21-13(22-6-9)23-8-10(19)7-20-11-1-3-12(4-2-11)24-14(16,17)18/h1-7,20H,8,19H2/b10-7-. The second-order valence-electron chi connectivity index (χ2n) is 4.41. The average Bonchev–Trinajstić information content (AvgIpc) is 2.52. The van der Waals surface area contributed by atoms with E-state index < -0.39 is 6.36 Å². The number of nitrogens with zero attached hydrogens (tertiary/aromatic N) is 2. The van der Waals surface area contributed by atoms with Crippen LogP contribution in [0.15, 0.2) is 48.6 Å². The first kappa shape index (κ1) is 17.7. The first-order valence-electron chi connectivity index (χ1n) is 6.49. The lowest BCUT2D eigenvalue weighted by molar-refractivity contribution is -0.274. The van der Waals surface area contributed by atoms with Crippen molar-refractivity contribution >= 4 is 17.3 Å². The summed E-state index contributed by atoms with van der Waals surface area (Å²) in [5, 5.41) is 3.19. The van der Waals surface area contributed by atoms with Gasteiger partial charge in [-0.2, -0.15) is 0 Å². The number of benzene rings is 1. The molecule has 0 aliphatic carbocycles. The molecule has 0 spiro atoms. The molecule has 2 aromatic rings. The van der Waals surface area contributed by atoms with Gasteiger partial charge < -0.3 is 20.5 Å². The Balaban J connectivity index is 1.84. The fourth-order valence-electron chi connectivity index (χ4n) is 1.49. The summed E-state index contributed by atoms with van der Waals surface area (Å²) < 4.78 is 45.1. The van der Waals surface area contributed by atoms with Gasteiger partial charge in [-0.1, -0.05) is 11.6 Å². The maximum absolute atomic E-state index is 12.0. The molecule has 0 saturated carbocycles. The molecular weight excluding hydrogens is 349 g/mol. The van der Waals surface area contributed by atoms with Gasteiger partial charge in [0.25, 0.3) is 0 Å². The number of rotatable bonds is 6. The molecule has 3 N–H and O–H groups in total. The third-order valence-corrected chi connectivity index (χ3v) is 2.67. The summed E-state index contributed by atoms with van der Waals surface area (Å²) in [6, 6.07) is 5.29. The Bertz CT molecular complexity index is 691. The topological polar surface area (TPSA) is 82.3 Å². The molecule has 0 atom stereocenters. The van der Waals surface area contributed by atoms with Crippen LogP contribution in [-0.4, -0.2) is 22.9 Å². The molecule has 0 saturated heterocycles. The van der Waals surface area contributed by atoms with Crippen molar-refractivity contribution in [2.24, 2.45) is 5.73 Å². The Hall–Kier alpha value is -2.68. The Morgan fingerprint density at radius 3 is 2.42 bits per heavy atom. The fourth-order valence-corrected chi connectivity index (χ4v) is 1.59. The second kappa shape index (κ2) is 7.73. The Morgan fingerprint density at radius 2 is 1.83 bits per heavy atom. The molecule has 0 unspecified atom stereocenters. The van der Waals surface area contributed by atoms with E-state index >= 15 is 0 Å². The van der Waals surface area contributed by atoms with E-state index in [2.05, 4.69) is 20.0 Å². The van der Waals surface area contributed by atoms with E-state index in [1.807, 2.05) is 0 Å². The highest BCUT2D eigenvalue weighted by Crippen LogP contribution is 2.23. The summed E-state index contributed by atoms with van der Waals surface area (Å²) in [6.45, 7) is 0.0178. The predicted octanol–water partition coefficient (Wildman–Crippen LogP) is 3.32. The normalized spacial score (nSPS) is 11.9. The zero-order chi connectivity index (χ0) is 17.6. The summed E-state index contributed by atoms with van der Waals surface area (Å²) in [5.74, 6) is -0.312. The van der Waals surface area contributed by atoms with E-state index in [4.69, 9.17) is 22.1 Å². The molecule has 1 aromatic carbocycles. The zero-order valence-corrected chi connectivity index (χ0v) is 12.8. The number of alkyl halides is 3. The number of nitrogens with one attached hydrogen (secondary N) is 1. The minimum Gasteiger partial charge on any atom is -0.457 e. The number of hydrogen-bond acceptors (Lipinski definition) is 6. The molecule has 24 heavy (non-hydrogen) atoms. The van der Waals surface area contributed by atoms with Gasteiger partial charge in [0, 0.05) is 11.9 Å². The predicted molar refractivity (Wildman–Crippen MR) is 81.6 cm³/mol. The van der Waals surface area contributed by atoms with Crippen molar-refractivity contribution in [3.05, 3.63) is 53.6 Å². The molecule has 0 bridgehead atoms. The third-order valence-electron chi connectivity index (χ3n) is 2.48. The van der Waals surface area contributed by atoms with E-state index in [-0.39, 0.29) is 18.4 Å². The van der Waals surface area contributed by atoms with Gasteiger partial charge in [-0.25, -0.2) is 9.97 Å². The van der Waals surface area contributed by atoms with Crippen molar-refractivity contribution < 1.29 is 22.6 Å². The van der Waals surface area contributed by atoms with Gasteiger partial charge in [-0.3, -0.25) is 0 Å². The van der Waals surface area contributed by atoms with Gasteiger partial charge in [0.1, 0.15) is 12.4 Å². The second-order valence-corrected chi connectivity index (χ2v) is 4.84. The molecule has 0 radical (unpaired) electrons. The lowest BCUT2D eigenvalue weighted by atomic mass is 10.3. The minimum absolute atomic E-state index is 0.0178. The lowest BCUT2D eigenvalue weighted by Gasteiger charge is -2.09. The minimum atomic E-state index is -4.72. The molecule has 0 amide bonds. The Kier molecular flexibility index (Phi) is 5.69. The maximum atomic E-state index is 12.0. The molecule has 128 valence electrons. The van der Waals surface area contributed by atoms with Gasteiger partial charge in [0.15, 0.2) is 0 Å². The number of hydrogen-bond donors (Lipinski definition) is 2. The van der Waals surface area contributed by atoms with Crippen LogP contribution in [-0.2, 0) is 0 Å². The van der Waals surface area contributed by atoms with Crippen LogP contribution in [0, 0.1) is 0 Å². The van der Waals surface area contributed by atoms with E-state index in [0.29, 0.717) is 16.4 Å². The van der Waals surface area contributed by atoms with Gasteiger partial charge in [0.2, 0.25) is 0 Å². The quantitative estimate of drug-likeness (QED) is 0.822. The Morgan fingerprint density at radius 1 is 1.21 bits per heavy atom. The summed E-state index contributed by atoms with van der Waals surface area (Å²) >= 11 is 5.64. The molecule has 0 aliphatic heterocycles. The van der Waals surface area contributed by atoms with Crippen LogP contribution in [0.2, 0.25) is 5.02 Å². The van der Waals surface area contributed by atoms with Crippen molar-refractivity contribution in [1.82, 2.24) is 9.97 Å². The molecular formula is C14H12ClF3N4O2. The lowest BCUT2D eigenvalue weighted by Crippen LogP contribution is -2.17. The largest absolute Gasteiger partial charge is 0.573 e. The highest BCUT2D eigenvalue weighted by molar-refractivity contribution is 6.30. The smallest absolute Gasteiger partial charge is 0.457 e. The highest BCUT2D eigenvalue weighted by atomic mass is 35.5. The number of ether oxygens (including phenoxy) is 2. The highest BCUT2D eigenvalue weighted by Gasteiger charge is 2.30. The fraction of sp³-hybridized carbons (Fsp3) is 0.143. The van der Waals surface area contributed by atoms with E-state index in [1.165, 1.54) is 42.9 Å². The molecule has 1 heterocycles. The summed E-state index contributed by atoms with van der Waals surface area (Å²) in [6.07, 6.45) is -0.519. The summed E-state index contributed by atoms with van der Waals surface area (Å²) in [7, 11) is 0. The van der Waals surface area contributed by atoms with Gasteiger partial charge >= 0.3 is 12.4 Å². The molecule has 1 aromatic heterocycles. The first-order chi connectivity index (χ1) is 11.3. The van der Waals surface area contributed by atoms with Crippen LogP contribution in [0.3, 0.4) is 0 Å². The van der Waals surface area contributed by atoms with Crippen molar-refractivity contribution in [3.63, 3.8) is 0 Å². The van der Waals surface area contributed by atoms with Crippen LogP contribution >= 0.6 is 11.6 Å². The van der Waals surface area contributed by atoms with Gasteiger partial charge in [-0.15, -0.1) is 13.2 Å². The maximum Gasteiger partial charge on any atom is 0.573 e. The van der Waals surface area contributed by atoms with Gasteiger partial charge in [0.05, 0.1) is 23.1 Å². The molecule has 2 rings (SSSR count). The average molecular weight is 361 g/mol. The Labute approximate surface area is 140 Å². The van der Waals surface area contributed by atoms with Gasteiger partial charge in [-0.05, 0) is 24.3 Å². The first-order valence-corrected chi connectivity index (χ1v) is 6.87. The summed E-state index contributed by atoms with van der Waals surface area (Å²) in [4.78, 5) is 7.67. The molecule has 0 aliphatic rings. The number of halogens is 4. The van der Waals surface area contributed by atoms with E-state index in [0.717, 1.165) is 0 Å². The van der Waals surface area contributed by atoms with Crippen molar-refractivity contribution in [2.45, 2.75) is 6.36 Å². The number of anilines is 1. The van der Waals surface area contributed by atoms with Crippen LogP contribution in [0.25, 0.3) is 0 Å². The molecule has 6 nitrogen and oxygen atoms in total. The van der Waals surface area contributed by atoms with Crippen LogP contribution < -0.4 is 20.5 Å². The van der Waals surface area contributed by atoms with Crippen LogP contribution in [0.4, 0.5) is 18.9 Å². The van der Waals surface area contributed by atoms with Crippen LogP contribution in [0.1, 0.15) is 0 Å². The van der Waals surface area contributed by atoms with Crippen molar-refractivity contribution in [3.8, 4) is 11.8 Å². The van der Waals surface area contributed by atoms with Crippen molar-refractivity contribution in [2.75, 3.05) is 11.9 Å². The van der Waals surface area contributed by atoms with E-state index in [9.17, 15) is 13.2 Å². The number of aromatic nitrogens is 2. The SMILES string of the molecule is N/C(=C\Nc1ccc(OC(F)(F)F)cc1)COc1ncc(Cl)cn1. The molecule has 10 heteroatoms. The van der Waals surface area contributed by atoms with Crippen molar-refractivity contribution in [1.29, 1.82) is 0 Å².